The Morgan fingerprint density at radius 2 is 1.61 bits per heavy atom. The number of imide groups is 1. The number of benzene rings is 3. The zero-order valence-electron chi connectivity index (χ0n) is 18.9. The fraction of sp³-hybridized carbons (Fsp3) is 0.160. The molecule has 0 aliphatic carbocycles. The van der Waals surface area contributed by atoms with Crippen molar-refractivity contribution >= 4 is 61.0 Å². The fourth-order valence-electron chi connectivity index (χ4n) is 4.65. The van der Waals surface area contributed by atoms with Crippen LogP contribution in [0.4, 0.5) is 11.4 Å². The molecule has 1 fully saturated rings. The molecule has 2 aliphatic heterocycles. The molecule has 3 aromatic rings. The van der Waals surface area contributed by atoms with Crippen molar-refractivity contribution in [3.8, 4) is 5.75 Å². The van der Waals surface area contributed by atoms with Crippen molar-refractivity contribution in [3.63, 3.8) is 0 Å². The van der Waals surface area contributed by atoms with Crippen LogP contribution in [0.2, 0.25) is 0 Å². The van der Waals surface area contributed by atoms with Gasteiger partial charge in [-0.2, -0.15) is 0 Å². The van der Waals surface area contributed by atoms with Crippen LogP contribution in [0.5, 0.6) is 5.75 Å². The normalized spacial score (nSPS) is 18.8. The van der Waals surface area contributed by atoms with Gasteiger partial charge in [0, 0.05) is 32.3 Å². The van der Waals surface area contributed by atoms with Crippen molar-refractivity contribution in [2.45, 2.75) is 19.0 Å². The number of hydrogen-bond acceptors (Lipinski definition) is 6. The monoisotopic (exact) mass is 613 g/mol. The van der Waals surface area contributed by atoms with E-state index in [0.29, 0.717) is 17.0 Å². The number of fused-ring (bicyclic) bond motifs is 1. The first-order valence-electron chi connectivity index (χ1n) is 10.7. The number of non-ortho nitro benzene ring substituents is 1. The van der Waals surface area contributed by atoms with Crippen LogP contribution in [0.15, 0.2) is 63.5 Å². The van der Waals surface area contributed by atoms with Gasteiger partial charge in [0.2, 0.25) is 0 Å². The molecule has 3 amide bonds. The third kappa shape index (κ3) is 3.61. The summed E-state index contributed by atoms with van der Waals surface area (Å²) in [6.45, 7) is 1.89. The van der Waals surface area contributed by atoms with E-state index >= 15 is 0 Å². The predicted molar refractivity (Wildman–Crippen MR) is 137 cm³/mol. The Hall–Kier alpha value is -3.57. The molecule has 2 aliphatic rings. The van der Waals surface area contributed by atoms with Gasteiger partial charge in [-0.1, -0.05) is 31.9 Å². The molecular formula is C25H17Br2N3O6. The van der Waals surface area contributed by atoms with Crippen LogP contribution in [-0.4, -0.2) is 40.7 Å². The molecule has 182 valence electrons. The van der Waals surface area contributed by atoms with Crippen LogP contribution in [0.1, 0.15) is 37.9 Å². The predicted octanol–water partition coefficient (Wildman–Crippen LogP) is 5.19. The number of aryl methyl sites for hydroxylation is 1. The van der Waals surface area contributed by atoms with Crippen molar-refractivity contribution < 1.29 is 24.0 Å². The molecule has 0 bridgehead atoms. The third-order valence-corrected chi connectivity index (χ3v) is 7.77. The summed E-state index contributed by atoms with van der Waals surface area (Å²) in [6, 6.07) is 12.3. The zero-order valence-corrected chi connectivity index (χ0v) is 22.1. The molecule has 0 N–H and O–H groups in total. The van der Waals surface area contributed by atoms with Gasteiger partial charge in [-0.3, -0.25) is 29.4 Å². The van der Waals surface area contributed by atoms with Gasteiger partial charge in [-0.05, 0) is 55.0 Å². The summed E-state index contributed by atoms with van der Waals surface area (Å²) in [5.74, 6) is -1.39. The lowest BCUT2D eigenvalue weighted by atomic mass is 9.85. The number of methoxy groups -OCH3 is 1. The number of amides is 3. The molecule has 11 heteroatoms. The number of rotatable bonds is 5. The number of halogens is 2. The molecular weight excluding hydrogens is 598 g/mol. The molecule has 0 aromatic heterocycles. The smallest absolute Gasteiger partial charge is 0.270 e. The minimum atomic E-state index is -1.16. The Morgan fingerprint density at radius 3 is 2.28 bits per heavy atom. The Morgan fingerprint density at radius 1 is 0.889 bits per heavy atom. The summed E-state index contributed by atoms with van der Waals surface area (Å²) in [5.41, 5.74) is 1.71. The Balaban J connectivity index is 1.64. The lowest BCUT2D eigenvalue weighted by molar-refractivity contribution is -0.384. The Labute approximate surface area is 222 Å². The van der Waals surface area contributed by atoms with Gasteiger partial charge in [0.1, 0.15) is 11.8 Å². The standard InChI is InChI=1S/C25H17Br2N3O6/c1-12-9-14(5-7-19(12)27)28-21(18-10-13(26)3-8-20(18)36-2)22(25(28)33)29-23(31)16-6-4-15(30(34)35)11-17(16)24(29)32/h3-11,21-22H,1-2H3/t21-,22+/m0/s1. The molecule has 2 heterocycles. The molecule has 2 atom stereocenters. The van der Waals surface area contributed by atoms with Crippen LogP contribution in [0.3, 0.4) is 0 Å². The van der Waals surface area contributed by atoms with E-state index in [1.54, 1.807) is 24.3 Å². The van der Waals surface area contributed by atoms with E-state index in [4.69, 9.17) is 4.74 Å². The molecule has 0 saturated carbocycles. The minimum absolute atomic E-state index is 0.0243. The molecule has 0 spiro atoms. The van der Waals surface area contributed by atoms with Crippen LogP contribution >= 0.6 is 31.9 Å². The quantitative estimate of drug-likeness (QED) is 0.169. The maximum Gasteiger partial charge on any atom is 0.270 e. The molecule has 3 aromatic carbocycles. The molecule has 0 unspecified atom stereocenters. The number of nitrogens with zero attached hydrogens (tertiary/aromatic N) is 3. The Bertz CT molecular complexity index is 1490. The number of β-lactam (4-membered cyclic amide) rings is 1. The number of hydrogen-bond donors (Lipinski definition) is 0. The summed E-state index contributed by atoms with van der Waals surface area (Å²) >= 11 is 6.92. The van der Waals surface area contributed by atoms with Crippen LogP contribution in [0, 0.1) is 17.0 Å². The van der Waals surface area contributed by atoms with E-state index in [1.165, 1.54) is 24.1 Å². The van der Waals surface area contributed by atoms with Gasteiger partial charge in [0.25, 0.3) is 23.4 Å². The number of carbonyl (C=O) groups is 3. The van der Waals surface area contributed by atoms with Crippen molar-refractivity contribution in [3.05, 3.63) is 95.9 Å². The second kappa shape index (κ2) is 8.82. The lowest BCUT2D eigenvalue weighted by Crippen LogP contribution is -2.67. The van der Waals surface area contributed by atoms with Crippen molar-refractivity contribution in [1.29, 1.82) is 0 Å². The zero-order chi connectivity index (χ0) is 25.9. The van der Waals surface area contributed by atoms with Crippen molar-refractivity contribution in [1.82, 2.24) is 4.90 Å². The first kappa shape index (κ1) is 24.1. The van der Waals surface area contributed by atoms with E-state index in [1.807, 2.05) is 19.1 Å². The fourth-order valence-corrected chi connectivity index (χ4v) is 5.28. The second-order valence-electron chi connectivity index (χ2n) is 8.38. The first-order chi connectivity index (χ1) is 17.1. The van der Waals surface area contributed by atoms with Gasteiger partial charge in [0.15, 0.2) is 0 Å². The van der Waals surface area contributed by atoms with Gasteiger partial charge in [-0.25, -0.2) is 0 Å². The third-order valence-electron chi connectivity index (χ3n) is 6.39. The van der Waals surface area contributed by atoms with E-state index in [2.05, 4.69) is 31.9 Å². The summed E-state index contributed by atoms with van der Waals surface area (Å²) in [7, 11) is 1.50. The van der Waals surface area contributed by atoms with Crippen molar-refractivity contribution in [2.75, 3.05) is 12.0 Å². The van der Waals surface area contributed by atoms with Gasteiger partial charge in [0.05, 0.1) is 29.2 Å². The highest BCUT2D eigenvalue weighted by Gasteiger charge is 2.58. The highest BCUT2D eigenvalue weighted by Crippen LogP contribution is 2.47. The summed E-state index contributed by atoms with van der Waals surface area (Å²) in [4.78, 5) is 53.4. The average Bonchev–Trinajstić information content (AvgIpc) is 3.09. The SMILES string of the molecule is COc1ccc(Br)cc1[C@H]1[C@@H](N2C(=O)c3ccc([N+](=O)[O-])cc3C2=O)C(=O)N1c1ccc(Br)c(C)c1. The van der Waals surface area contributed by atoms with E-state index in [-0.39, 0.29) is 16.8 Å². The molecule has 36 heavy (non-hydrogen) atoms. The van der Waals surface area contributed by atoms with Crippen LogP contribution < -0.4 is 9.64 Å². The van der Waals surface area contributed by atoms with Crippen molar-refractivity contribution in [2.24, 2.45) is 0 Å². The highest BCUT2D eigenvalue weighted by atomic mass is 79.9. The maximum absolute atomic E-state index is 13.6. The topological polar surface area (TPSA) is 110 Å². The molecule has 9 nitrogen and oxygen atoms in total. The number of anilines is 1. The average molecular weight is 615 g/mol. The number of nitro benzene ring substituents is 1. The number of ether oxygens (including phenoxy) is 1. The summed E-state index contributed by atoms with van der Waals surface area (Å²) < 4.78 is 7.15. The second-order valence-corrected chi connectivity index (χ2v) is 10.2. The van der Waals surface area contributed by atoms with Gasteiger partial charge >= 0.3 is 0 Å². The van der Waals surface area contributed by atoms with Crippen LogP contribution in [0.25, 0.3) is 0 Å². The van der Waals surface area contributed by atoms with E-state index < -0.39 is 34.7 Å². The number of carbonyl (C=O) groups excluding carboxylic acids is 3. The van der Waals surface area contributed by atoms with Crippen LogP contribution in [-0.2, 0) is 4.79 Å². The molecule has 5 rings (SSSR count). The molecule has 0 radical (unpaired) electrons. The van der Waals surface area contributed by atoms with E-state index in [0.717, 1.165) is 25.5 Å². The van der Waals surface area contributed by atoms with Gasteiger partial charge in [-0.15, -0.1) is 0 Å². The summed E-state index contributed by atoms with van der Waals surface area (Å²) in [6.07, 6.45) is 0. The lowest BCUT2D eigenvalue weighted by Gasteiger charge is -2.50. The minimum Gasteiger partial charge on any atom is -0.496 e. The Kier molecular flexibility index (Phi) is 5.92. The number of nitro groups is 1. The highest BCUT2D eigenvalue weighted by molar-refractivity contribution is 9.10. The largest absolute Gasteiger partial charge is 0.496 e. The van der Waals surface area contributed by atoms with Gasteiger partial charge < -0.3 is 9.64 Å². The molecule has 1 saturated heterocycles. The summed E-state index contributed by atoms with van der Waals surface area (Å²) in [5, 5.41) is 11.2. The van der Waals surface area contributed by atoms with E-state index in [9.17, 15) is 24.5 Å². The first-order valence-corrected chi connectivity index (χ1v) is 12.3. The maximum atomic E-state index is 13.6.